The Balaban J connectivity index is 3.19. The van der Waals surface area contributed by atoms with Gasteiger partial charge >= 0.3 is 0 Å². The van der Waals surface area contributed by atoms with Crippen LogP contribution in [0.3, 0.4) is 0 Å². The first-order chi connectivity index (χ1) is 7.10. The molecule has 4 nitrogen and oxygen atoms in total. The molecule has 0 aliphatic rings. The van der Waals surface area contributed by atoms with Gasteiger partial charge in [0.25, 0.3) is 0 Å². The fourth-order valence-electron chi connectivity index (χ4n) is 1.52. The van der Waals surface area contributed by atoms with E-state index in [4.69, 9.17) is 5.84 Å². The van der Waals surface area contributed by atoms with Crippen molar-refractivity contribution in [3.63, 3.8) is 0 Å². The van der Waals surface area contributed by atoms with Gasteiger partial charge in [0, 0.05) is 5.92 Å². The van der Waals surface area contributed by atoms with E-state index in [9.17, 15) is 0 Å². The van der Waals surface area contributed by atoms with Crippen molar-refractivity contribution in [3.8, 4) is 0 Å². The van der Waals surface area contributed by atoms with E-state index in [-0.39, 0.29) is 0 Å². The molecule has 0 aliphatic heterocycles. The molecule has 0 saturated carbocycles. The molecule has 1 rings (SSSR count). The molecule has 15 heavy (non-hydrogen) atoms. The largest absolute Gasteiger partial charge is 0.321 e. The van der Waals surface area contributed by atoms with Crippen molar-refractivity contribution in [1.29, 1.82) is 0 Å². The number of nitrogen functional groups attached to an aromatic ring is 1. The molecule has 0 radical (unpaired) electrons. The smallest absolute Gasteiger partial charge is 0.131 e. The van der Waals surface area contributed by atoms with Crippen molar-refractivity contribution in [2.45, 2.75) is 46.5 Å². The molecule has 1 aromatic heterocycles. The molecular weight excluding hydrogens is 188 g/mol. The van der Waals surface area contributed by atoms with Crippen molar-refractivity contribution in [2.75, 3.05) is 5.43 Å². The lowest BCUT2D eigenvalue weighted by Crippen LogP contribution is -2.15. The van der Waals surface area contributed by atoms with E-state index in [0.717, 1.165) is 35.7 Å². The van der Waals surface area contributed by atoms with Gasteiger partial charge in [-0.1, -0.05) is 27.2 Å². The van der Waals surface area contributed by atoms with Gasteiger partial charge in [-0.3, -0.25) is 5.84 Å². The van der Waals surface area contributed by atoms with Gasteiger partial charge in [0.1, 0.15) is 5.82 Å². The third-order valence-corrected chi connectivity index (χ3v) is 2.33. The average Bonchev–Trinajstić information content (AvgIpc) is 2.17. The van der Waals surface area contributed by atoms with E-state index < -0.39 is 0 Å². The molecule has 0 fully saturated rings. The number of hydrogen-bond donors (Lipinski definition) is 2. The van der Waals surface area contributed by atoms with Crippen molar-refractivity contribution in [3.05, 3.63) is 17.2 Å². The molecule has 1 aromatic rings. The molecule has 84 valence electrons. The number of hydrogen-bond acceptors (Lipinski definition) is 4. The van der Waals surface area contributed by atoms with Crippen LogP contribution < -0.4 is 11.3 Å². The van der Waals surface area contributed by atoms with E-state index in [1.807, 2.05) is 6.92 Å². The summed E-state index contributed by atoms with van der Waals surface area (Å²) in [5.74, 6) is 6.73. The number of nitrogens with two attached hydrogens (primary N) is 1. The molecule has 0 atom stereocenters. The second kappa shape index (κ2) is 5.07. The molecule has 0 unspecified atom stereocenters. The van der Waals surface area contributed by atoms with Crippen molar-refractivity contribution in [1.82, 2.24) is 9.97 Å². The van der Waals surface area contributed by atoms with Crippen LogP contribution in [0.1, 0.15) is 50.3 Å². The highest BCUT2D eigenvalue weighted by Crippen LogP contribution is 2.20. The Kier molecular flexibility index (Phi) is 4.03. The zero-order valence-electron chi connectivity index (χ0n) is 9.96. The van der Waals surface area contributed by atoms with Crippen LogP contribution in [0, 0.1) is 6.92 Å². The summed E-state index contributed by atoms with van der Waals surface area (Å²) in [4.78, 5) is 8.97. The molecule has 4 heteroatoms. The van der Waals surface area contributed by atoms with E-state index in [1.54, 1.807) is 0 Å². The Hall–Kier alpha value is -1.16. The van der Waals surface area contributed by atoms with Gasteiger partial charge in [-0.05, 0) is 13.3 Å². The third kappa shape index (κ3) is 2.65. The highest BCUT2D eigenvalue weighted by Gasteiger charge is 2.11. The second-order valence-corrected chi connectivity index (χ2v) is 4.04. The lowest BCUT2D eigenvalue weighted by molar-refractivity contribution is 0.741. The number of aryl methyl sites for hydroxylation is 2. The van der Waals surface area contributed by atoms with Gasteiger partial charge in [-0.25, -0.2) is 9.97 Å². The summed E-state index contributed by atoms with van der Waals surface area (Å²) >= 11 is 0. The summed E-state index contributed by atoms with van der Waals surface area (Å²) in [5, 5.41) is 0. The van der Waals surface area contributed by atoms with Crippen molar-refractivity contribution in [2.24, 2.45) is 5.84 Å². The zero-order chi connectivity index (χ0) is 11.4. The molecule has 1 heterocycles. The Bertz CT molecular complexity index is 334. The van der Waals surface area contributed by atoms with Crippen LogP contribution in [0.2, 0.25) is 0 Å². The Labute approximate surface area is 91.3 Å². The molecule has 3 N–H and O–H groups in total. The molecule has 0 aliphatic carbocycles. The third-order valence-electron chi connectivity index (χ3n) is 2.33. The topological polar surface area (TPSA) is 63.8 Å². The summed E-state index contributed by atoms with van der Waals surface area (Å²) in [7, 11) is 0. The molecule has 0 saturated heterocycles. The van der Waals surface area contributed by atoms with Crippen LogP contribution in [-0.2, 0) is 6.42 Å². The first kappa shape index (κ1) is 11.9. The maximum Gasteiger partial charge on any atom is 0.131 e. The molecule has 0 spiro atoms. The van der Waals surface area contributed by atoms with Gasteiger partial charge < -0.3 is 5.43 Å². The first-order valence-corrected chi connectivity index (χ1v) is 5.44. The van der Waals surface area contributed by atoms with Gasteiger partial charge in [-0.15, -0.1) is 0 Å². The Morgan fingerprint density at radius 3 is 2.47 bits per heavy atom. The Morgan fingerprint density at radius 1 is 1.33 bits per heavy atom. The first-order valence-electron chi connectivity index (χ1n) is 5.44. The number of anilines is 1. The van der Waals surface area contributed by atoms with Gasteiger partial charge in [-0.2, -0.15) is 0 Å². The maximum atomic E-state index is 5.48. The zero-order valence-corrected chi connectivity index (χ0v) is 9.96. The number of nitrogens with one attached hydrogen (secondary N) is 1. The van der Waals surface area contributed by atoms with E-state index in [2.05, 4.69) is 36.2 Å². The van der Waals surface area contributed by atoms with E-state index in [1.165, 1.54) is 0 Å². The summed E-state index contributed by atoms with van der Waals surface area (Å²) in [6.45, 7) is 8.29. The predicted molar refractivity (Wildman–Crippen MR) is 62.7 cm³/mol. The van der Waals surface area contributed by atoms with E-state index >= 15 is 0 Å². The van der Waals surface area contributed by atoms with Crippen LogP contribution in [0.15, 0.2) is 0 Å². The van der Waals surface area contributed by atoms with Gasteiger partial charge in [0.2, 0.25) is 0 Å². The lowest BCUT2D eigenvalue weighted by Gasteiger charge is -2.13. The molecule has 0 amide bonds. The van der Waals surface area contributed by atoms with Crippen LogP contribution in [0.5, 0.6) is 0 Å². The summed E-state index contributed by atoms with van der Waals surface area (Å²) < 4.78 is 0. The average molecular weight is 208 g/mol. The minimum Gasteiger partial charge on any atom is -0.321 e. The summed E-state index contributed by atoms with van der Waals surface area (Å²) in [6.07, 6.45) is 1.99. The summed E-state index contributed by atoms with van der Waals surface area (Å²) in [6, 6.07) is 0. The lowest BCUT2D eigenvalue weighted by atomic mass is 10.1. The maximum absolute atomic E-state index is 5.48. The monoisotopic (exact) mass is 208 g/mol. The van der Waals surface area contributed by atoms with Gasteiger partial charge in [0.15, 0.2) is 0 Å². The van der Waals surface area contributed by atoms with Crippen molar-refractivity contribution < 1.29 is 0 Å². The minimum atomic E-state index is 0.353. The quantitative estimate of drug-likeness (QED) is 0.588. The fourth-order valence-corrected chi connectivity index (χ4v) is 1.52. The molecule has 0 bridgehead atoms. The standard InChI is InChI=1S/C11H20N4/c1-5-6-9-10(15-12)8(4)13-11(14-9)7(2)3/h7,15H,5-6,12H2,1-4H3. The number of nitrogens with zero attached hydrogens (tertiary/aromatic N) is 2. The Morgan fingerprint density at radius 2 is 2.00 bits per heavy atom. The fraction of sp³-hybridized carbons (Fsp3) is 0.636. The molecule has 0 aromatic carbocycles. The highest BCUT2D eigenvalue weighted by molar-refractivity contribution is 5.51. The predicted octanol–water partition coefficient (Wildman–Crippen LogP) is 2.15. The number of rotatable bonds is 4. The van der Waals surface area contributed by atoms with Crippen molar-refractivity contribution >= 4 is 5.69 Å². The second-order valence-electron chi connectivity index (χ2n) is 4.04. The minimum absolute atomic E-state index is 0.353. The van der Waals surface area contributed by atoms with Crippen LogP contribution in [0.25, 0.3) is 0 Å². The molecular formula is C11H20N4. The number of aromatic nitrogens is 2. The normalized spacial score (nSPS) is 10.8. The highest BCUT2D eigenvalue weighted by atomic mass is 15.2. The SMILES string of the molecule is CCCc1nc(C(C)C)nc(C)c1NN. The van der Waals surface area contributed by atoms with Crippen LogP contribution in [0.4, 0.5) is 5.69 Å². The van der Waals surface area contributed by atoms with Crippen LogP contribution in [-0.4, -0.2) is 9.97 Å². The van der Waals surface area contributed by atoms with E-state index in [0.29, 0.717) is 5.92 Å². The summed E-state index contributed by atoms with van der Waals surface area (Å²) in [5.41, 5.74) is 5.52. The van der Waals surface area contributed by atoms with Crippen LogP contribution >= 0.6 is 0 Å². The number of hydrazine groups is 1. The van der Waals surface area contributed by atoms with Gasteiger partial charge in [0.05, 0.1) is 17.1 Å².